The summed E-state index contributed by atoms with van der Waals surface area (Å²) in [6.45, 7) is 7.59. The van der Waals surface area contributed by atoms with Gasteiger partial charge in [-0.05, 0) is 118 Å². The summed E-state index contributed by atoms with van der Waals surface area (Å²) in [6.07, 6.45) is 12.2. The zero-order chi connectivity index (χ0) is 30.3. The van der Waals surface area contributed by atoms with Crippen molar-refractivity contribution < 1.29 is 4.39 Å². The number of anilines is 1. The molecule has 6 heterocycles. The largest absolute Gasteiger partial charge is 0.358 e. The van der Waals surface area contributed by atoms with Gasteiger partial charge in [-0.3, -0.25) is 15.1 Å². The Morgan fingerprint density at radius 3 is 2.73 bits per heavy atom. The number of fused-ring (bicyclic) bond motifs is 2. The maximum Gasteiger partial charge on any atom is 0.135 e. The third kappa shape index (κ3) is 5.71. The quantitative estimate of drug-likeness (QED) is 0.149. The first-order chi connectivity index (χ1) is 22.1. The summed E-state index contributed by atoms with van der Waals surface area (Å²) < 4.78 is 14.9. The van der Waals surface area contributed by atoms with Crippen molar-refractivity contribution >= 4 is 27.6 Å². The van der Waals surface area contributed by atoms with Gasteiger partial charge in [0.25, 0.3) is 0 Å². The first kappa shape index (κ1) is 27.6. The molecule has 1 aliphatic carbocycles. The summed E-state index contributed by atoms with van der Waals surface area (Å²) in [5, 5.41) is 12.1. The van der Waals surface area contributed by atoms with E-state index in [1.54, 1.807) is 18.3 Å². The molecule has 0 spiro atoms. The number of aryl methyl sites for hydroxylation is 1. The van der Waals surface area contributed by atoms with E-state index < -0.39 is 0 Å². The van der Waals surface area contributed by atoms with E-state index in [2.05, 4.69) is 49.1 Å². The number of aromatic nitrogens is 6. The number of likely N-dealkylation sites (tertiary alicyclic amines) is 1. The molecule has 1 saturated heterocycles. The number of allylic oxidation sites excluding steroid dienone is 1. The first-order valence-electron chi connectivity index (χ1n) is 15.8. The summed E-state index contributed by atoms with van der Waals surface area (Å²) in [6, 6.07) is 15.3. The number of pyridine rings is 3. The number of hydrogen-bond donors (Lipinski definition) is 3. The van der Waals surface area contributed by atoms with Gasteiger partial charge in [0.15, 0.2) is 0 Å². The van der Waals surface area contributed by atoms with Gasteiger partial charge >= 0.3 is 0 Å². The Hall–Kier alpha value is -4.89. The highest BCUT2D eigenvalue weighted by atomic mass is 19.1. The lowest BCUT2D eigenvalue weighted by molar-refractivity contribution is 0.334. The Morgan fingerprint density at radius 1 is 0.978 bits per heavy atom. The zero-order valence-electron chi connectivity index (χ0n) is 25.1. The van der Waals surface area contributed by atoms with Crippen molar-refractivity contribution in [1.82, 2.24) is 35.0 Å². The molecule has 1 aliphatic heterocycles. The lowest BCUT2D eigenvalue weighted by atomic mass is 10.0. The molecule has 8 nitrogen and oxygen atoms in total. The molecule has 8 rings (SSSR count). The van der Waals surface area contributed by atoms with E-state index in [1.807, 2.05) is 36.7 Å². The molecule has 0 atom stereocenters. The lowest BCUT2D eigenvalue weighted by Crippen LogP contribution is -2.20. The van der Waals surface area contributed by atoms with Crippen LogP contribution in [0.25, 0.3) is 55.8 Å². The summed E-state index contributed by atoms with van der Waals surface area (Å²) in [5.74, 6) is 0.315. The highest BCUT2D eigenvalue weighted by Gasteiger charge is 2.24. The number of benzene rings is 1. The van der Waals surface area contributed by atoms with Crippen molar-refractivity contribution in [2.45, 2.75) is 38.5 Å². The lowest BCUT2D eigenvalue weighted by Gasteiger charge is -2.14. The first-order valence-corrected chi connectivity index (χ1v) is 15.8. The molecule has 6 aromatic rings. The average molecular weight is 599 g/mol. The Labute approximate surface area is 260 Å². The molecule has 0 unspecified atom stereocenters. The minimum atomic E-state index is -0.237. The molecule has 45 heavy (non-hydrogen) atoms. The van der Waals surface area contributed by atoms with E-state index in [0.29, 0.717) is 11.6 Å². The van der Waals surface area contributed by atoms with Crippen LogP contribution >= 0.6 is 0 Å². The highest BCUT2D eigenvalue weighted by Crippen LogP contribution is 2.37. The summed E-state index contributed by atoms with van der Waals surface area (Å²) >= 11 is 0. The molecule has 2 aliphatic rings. The van der Waals surface area contributed by atoms with Crippen molar-refractivity contribution in [2.24, 2.45) is 5.92 Å². The van der Waals surface area contributed by atoms with Crippen molar-refractivity contribution in [3.05, 3.63) is 90.8 Å². The number of H-pyrrole nitrogens is 2. The number of aromatic amines is 2. The van der Waals surface area contributed by atoms with Crippen LogP contribution in [-0.2, 0) is 6.42 Å². The van der Waals surface area contributed by atoms with E-state index in [1.165, 1.54) is 38.8 Å². The van der Waals surface area contributed by atoms with E-state index in [0.717, 1.165) is 86.5 Å². The second kappa shape index (κ2) is 11.6. The van der Waals surface area contributed by atoms with E-state index in [9.17, 15) is 4.39 Å². The fourth-order valence-corrected chi connectivity index (χ4v) is 6.47. The van der Waals surface area contributed by atoms with E-state index in [-0.39, 0.29) is 5.82 Å². The molecule has 5 aromatic heterocycles. The van der Waals surface area contributed by atoms with Crippen molar-refractivity contribution in [2.75, 3.05) is 25.0 Å². The molecule has 226 valence electrons. The average Bonchev–Trinajstić information content (AvgIpc) is 3.40. The topological polar surface area (TPSA) is 98.4 Å². The van der Waals surface area contributed by atoms with Crippen LogP contribution in [0.1, 0.15) is 37.7 Å². The molecule has 1 saturated carbocycles. The SMILES string of the molecule is C=C(Nc1cncc(-c2ccc3[nH]nc(-c4cc5c(-c6cc(F)cc(CCCN7CCCC7)c6)nccc5[nH]4)c3n2)c1)C1CC1. The maximum absolute atomic E-state index is 14.9. The van der Waals surface area contributed by atoms with Crippen LogP contribution < -0.4 is 5.32 Å². The van der Waals surface area contributed by atoms with Crippen LogP contribution in [0, 0.1) is 11.7 Å². The predicted octanol–water partition coefficient (Wildman–Crippen LogP) is 7.73. The summed E-state index contributed by atoms with van der Waals surface area (Å²) in [7, 11) is 0. The van der Waals surface area contributed by atoms with Crippen molar-refractivity contribution in [3.63, 3.8) is 0 Å². The fraction of sp³-hybridized carbons (Fsp3) is 0.278. The van der Waals surface area contributed by atoms with Gasteiger partial charge in [-0.25, -0.2) is 9.37 Å². The minimum Gasteiger partial charge on any atom is -0.358 e. The molecule has 0 bridgehead atoms. The molecule has 0 radical (unpaired) electrons. The van der Waals surface area contributed by atoms with E-state index in [4.69, 9.17) is 9.97 Å². The zero-order valence-corrected chi connectivity index (χ0v) is 25.1. The number of nitrogens with one attached hydrogen (secondary N) is 3. The molecule has 3 N–H and O–H groups in total. The van der Waals surface area contributed by atoms with Gasteiger partial charge in [0.2, 0.25) is 0 Å². The molecular weight excluding hydrogens is 563 g/mol. The Kier molecular flexibility index (Phi) is 7.10. The number of halogens is 1. The van der Waals surface area contributed by atoms with Crippen LogP contribution in [-0.4, -0.2) is 54.7 Å². The van der Waals surface area contributed by atoms with Crippen LogP contribution in [0.2, 0.25) is 0 Å². The second-order valence-corrected chi connectivity index (χ2v) is 12.4. The second-order valence-electron chi connectivity index (χ2n) is 12.4. The number of rotatable bonds is 10. The molecule has 9 heteroatoms. The smallest absolute Gasteiger partial charge is 0.135 e. The highest BCUT2D eigenvalue weighted by molar-refractivity contribution is 5.99. The monoisotopic (exact) mass is 598 g/mol. The predicted molar refractivity (Wildman–Crippen MR) is 177 cm³/mol. The van der Waals surface area contributed by atoms with Crippen LogP contribution in [0.3, 0.4) is 0 Å². The minimum absolute atomic E-state index is 0.237. The van der Waals surface area contributed by atoms with Crippen LogP contribution in [0.4, 0.5) is 10.1 Å². The van der Waals surface area contributed by atoms with Gasteiger partial charge in [0.05, 0.1) is 34.5 Å². The Bertz CT molecular complexity index is 2030. The van der Waals surface area contributed by atoms with Crippen LogP contribution in [0.15, 0.2) is 79.4 Å². The van der Waals surface area contributed by atoms with Gasteiger partial charge in [0, 0.05) is 40.1 Å². The fourth-order valence-electron chi connectivity index (χ4n) is 6.47. The van der Waals surface area contributed by atoms with Crippen molar-refractivity contribution in [3.8, 4) is 33.9 Å². The molecule has 2 fully saturated rings. The normalized spacial score (nSPS) is 15.3. The van der Waals surface area contributed by atoms with Gasteiger partial charge < -0.3 is 15.2 Å². The standard InChI is InChI=1S/C36H35FN8/c1-22(24-6-7-24)40-28-18-26(20-38-21-28)30-8-9-32-35(42-30)36(44-43-32)33-19-29-31(41-33)10-11-39-34(29)25-15-23(16-27(37)17-25)5-4-14-45-12-2-3-13-45/h8-11,15-21,24,40-41H,1-7,12-14H2,(H,43,44). The molecule has 0 amide bonds. The van der Waals surface area contributed by atoms with Gasteiger partial charge in [-0.1, -0.05) is 6.58 Å². The third-order valence-electron chi connectivity index (χ3n) is 8.99. The van der Waals surface area contributed by atoms with Crippen LogP contribution in [0.5, 0.6) is 0 Å². The number of nitrogens with zero attached hydrogens (tertiary/aromatic N) is 5. The summed E-state index contributed by atoms with van der Waals surface area (Å²) in [5.41, 5.74) is 10.2. The summed E-state index contributed by atoms with van der Waals surface area (Å²) in [4.78, 5) is 20.2. The Balaban J connectivity index is 1.10. The maximum atomic E-state index is 14.9. The third-order valence-corrected chi connectivity index (χ3v) is 8.99. The molecular formula is C36H35FN8. The van der Waals surface area contributed by atoms with Gasteiger partial charge in [-0.15, -0.1) is 0 Å². The van der Waals surface area contributed by atoms with Crippen molar-refractivity contribution in [1.29, 1.82) is 0 Å². The van der Waals surface area contributed by atoms with Gasteiger partial charge in [0.1, 0.15) is 17.0 Å². The molecule has 1 aromatic carbocycles. The van der Waals surface area contributed by atoms with Gasteiger partial charge in [-0.2, -0.15) is 5.10 Å². The van der Waals surface area contributed by atoms with E-state index >= 15 is 0 Å². The Morgan fingerprint density at radius 2 is 1.87 bits per heavy atom. The number of hydrogen-bond acceptors (Lipinski definition) is 6.